The van der Waals surface area contributed by atoms with Crippen LogP contribution in [0, 0.1) is 0 Å². The lowest BCUT2D eigenvalue weighted by molar-refractivity contribution is -0.139. The number of aliphatic hydroxyl groups is 1. The topological polar surface area (TPSA) is 95.9 Å². The Morgan fingerprint density at radius 2 is 1.75 bits per heavy atom. The van der Waals surface area contributed by atoms with Crippen LogP contribution in [0.15, 0.2) is 72.3 Å². The van der Waals surface area contributed by atoms with Gasteiger partial charge in [-0.05, 0) is 40.7 Å². The van der Waals surface area contributed by atoms with Crippen LogP contribution in [0.25, 0.3) is 11.1 Å². The van der Waals surface area contributed by atoms with Crippen LogP contribution in [0.5, 0.6) is 0 Å². The Morgan fingerprint density at radius 3 is 2.28 bits per heavy atom. The summed E-state index contributed by atoms with van der Waals surface area (Å²) in [7, 11) is 0. The summed E-state index contributed by atoms with van der Waals surface area (Å²) < 4.78 is 5.47. The molecule has 0 spiro atoms. The summed E-state index contributed by atoms with van der Waals surface area (Å²) in [6.07, 6.45) is 5.59. The Hall–Kier alpha value is -3.38. The van der Waals surface area contributed by atoms with Gasteiger partial charge in [-0.15, -0.1) is 0 Å². The Labute approximate surface area is 187 Å². The zero-order valence-corrected chi connectivity index (χ0v) is 18.0. The second-order valence-electron chi connectivity index (χ2n) is 8.34. The maximum atomic E-state index is 12.5. The normalized spacial score (nSPS) is 20.1. The van der Waals surface area contributed by atoms with Crippen molar-refractivity contribution in [2.75, 3.05) is 6.61 Å². The molecule has 0 saturated carbocycles. The summed E-state index contributed by atoms with van der Waals surface area (Å²) in [5.74, 6) is -1.23. The molecule has 2 aliphatic carbocycles. The van der Waals surface area contributed by atoms with Crippen LogP contribution < -0.4 is 5.32 Å². The maximum absolute atomic E-state index is 12.5. The van der Waals surface area contributed by atoms with Gasteiger partial charge in [-0.1, -0.05) is 73.7 Å². The molecular formula is C26H27NO5. The first-order valence-corrected chi connectivity index (χ1v) is 10.8. The highest BCUT2D eigenvalue weighted by molar-refractivity contribution is 5.81. The molecule has 0 bridgehead atoms. The fourth-order valence-electron chi connectivity index (χ4n) is 4.34. The van der Waals surface area contributed by atoms with Crippen molar-refractivity contribution < 1.29 is 24.5 Å². The number of ether oxygens (including phenoxy) is 1. The lowest BCUT2D eigenvalue weighted by Gasteiger charge is -2.26. The molecule has 2 aromatic carbocycles. The summed E-state index contributed by atoms with van der Waals surface area (Å²) in [6.45, 7) is 2.01. The number of hydrogen-bond acceptors (Lipinski definition) is 4. The van der Waals surface area contributed by atoms with E-state index in [1.807, 2.05) is 49.4 Å². The van der Waals surface area contributed by atoms with Crippen molar-refractivity contribution in [1.82, 2.24) is 5.32 Å². The van der Waals surface area contributed by atoms with Crippen LogP contribution >= 0.6 is 0 Å². The van der Waals surface area contributed by atoms with Crippen LogP contribution in [0.4, 0.5) is 4.79 Å². The Morgan fingerprint density at radius 1 is 1.12 bits per heavy atom. The van der Waals surface area contributed by atoms with E-state index in [1.54, 1.807) is 12.2 Å². The number of fused-ring (bicyclic) bond motifs is 3. The Kier molecular flexibility index (Phi) is 6.15. The first-order chi connectivity index (χ1) is 15.4. The van der Waals surface area contributed by atoms with E-state index in [9.17, 15) is 19.8 Å². The number of carbonyl (C=O) groups excluding carboxylic acids is 1. The maximum Gasteiger partial charge on any atom is 0.407 e. The van der Waals surface area contributed by atoms with Crippen molar-refractivity contribution >= 4 is 12.1 Å². The van der Waals surface area contributed by atoms with Crippen LogP contribution in [0.3, 0.4) is 0 Å². The molecule has 0 fully saturated rings. The highest BCUT2D eigenvalue weighted by atomic mass is 16.5. The van der Waals surface area contributed by atoms with Crippen molar-refractivity contribution in [1.29, 1.82) is 0 Å². The molecule has 166 valence electrons. The van der Waals surface area contributed by atoms with E-state index < -0.39 is 23.7 Å². The summed E-state index contributed by atoms with van der Waals surface area (Å²) in [5.41, 5.74) is 4.32. The minimum absolute atomic E-state index is 0.0906. The van der Waals surface area contributed by atoms with Gasteiger partial charge in [0.2, 0.25) is 0 Å². The number of benzene rings is 2. The molecule has 3 N–H and O–H groups in total. The van der Waals surface area contributed by atoms with Gasteiger partial charge in [0.15, 0.2) is 0 Å². The molecule has 6 nitrogen and oxygen atoms in total. The number of carboxylic acid groups (broad SMARTS) is 1. The van der Waals surface area contributed by atoms with Crippen LogP contribution in [-0.2, 0) is 9.53 Å². The van der Waals surface area contributed by atoms with Gasteiger partial charge in [0.1, 0.15) is 12.6 Å². The molecule has 0 saturated heterocycles. The van der Waals surface area contributed by atoms with Crippen LogP contribution in [0.2, 0.25) is 0 Å². The average Bonchev–Trinajstić information content (AvgIpc) is 3.12. The standard InChI is InChI=1S/C26H27NO5/c1-2-26(31)13-11-17(12-14-26)15-23(24(28)29)27-25(30)32-16-22-20-9-5-3-7-18(20)19-8-4-6-10-21(19)22/h3-13,22-23,31H,2,14-16H2,1H3,(H,27,30)(H,28,29)/t23-,26?/m1/s1. The summed E-state index contributed by atoms with van der Waals surface area (Å²) in [5, 5.41) is 22.3. The van der Waals surface area contributed by atoms with Gasteiger partial charge in [-0.3, -0.25) is 0 Å². The van der Waals surface area contributed by atoms with Crippen molar-refractivity contribution in [2.24, 2.45) is 0 Å². The Bertz CT molecular complexity index is 1040. The third-order valence-electron chi connectivity index (χ3n) is 6.31. The zero-order chi connectivity index (χ0) is 22.7. The van der Waals surface area contributed by atoms with Gasteiger partial charge in [-0.2, -0.15) is 0 Å². The number of alkyl carbamates (subject to hydrolysis) is 1. The largest absolute Gasteiger partial charge is 0.480 e. The summed E-state index contributed by atoms with van der Waals surface area (Å²) in [4.78, 5) is 24.2. The number of carbonyl (C=O) groups is 2. The summed E-state index contributed by atoms with van der Waals surface area (Å²) in [6, 6.07) is 14.9. The fourth-order valence-corrected chi connectivity index (χ4v) is 4.34. The third-order valence-corrected chi connectivity index (χ3v) is 6.31. The van der Waals surface area contributed by atoms with Gasteiger partial charge in [0.05, 0.1) is 5.60 Å². The van der Waals surface area contributed by atoms with Crippen molar-refractivity contribution in [3.63, 3.8) is 0 Å². The SMILES string of the molecule is CCC1(O)C=CC(C[C@@H](NC(=O)OCC2c3ccccc3-c3ccccc32)C(=O)O)=CC1. The van der Waals surface area contributed by atoms with E-state index >= 15 is 0 Å². The van der Waals surface area contributed by atoms with E-state index in [-0.39, 0.29) is 18.9 Å². The minimum Gasteiger partial charge on any atom is -0.480 e. The van der Waals surface area contributed by atoms with Crippen molar-refractivity contribution in [3.05, 3.63) is 83.5 Å². The third kappa shape index (κ3) is 4.46. The molecule has 2 aromatic rings. The predicted octanol–water partition coefficient (Wildman–Crippen LogP) is 4.40. The van der Waals surface area contributed by atoms with Crippen molar-refractivity contribution in [2.45, 2.75) is 43.7 Å². The van der Waals surface area contributed by atoms with E-state index in [2.05, 4.69) is 17.4 Å². The molecule has 32 heavy (non-hydrogen) atoms. The number of allylic oxidation sites excluding steroid dienone is 1. The first-order valence-electron chi connectivity index (χ1n) is 10.8. The van der Waals surface area contributed by atoms with Crippen molar-refractivity contribution in [3.8, 4) is 11.1 Å². The quantitative estimate of drug-likeness (QED) is 0.602. The number of hydrogen-bond donors (Lipinski definition) is 3. The second-order valence-corrected chi connectivity index (χ2v) is 8.34. The molecule has 2 atom stereocenters. The highest BCUT2D eigenvalue weighted by Crippen LogP contribution is 2.44. The van der Waals surface area contributed by atoms with Gasteiger partial charge >= 0.3 is 12.1 Å². The molecule has 0 heterocycles. The van der Waals surface area contributed by atoms with Gasteiger partial charge in [-0.25, -0.2) is 9.59 Å². The average molecular weight is 434 g/mol. The lowest BCUT2D eigenvalue weighted by Crippen LogP contribution is -2.41. The molecule has 0 aliphatic heterocycles. The van der Waals surface area contributed by atoms with E-state index in [0.29, 0.717) is 12.8 Å². The number of aliphatic carboxylic acids is 1. The number of rotatable bonds is 7. The summed E-state index contributed by atoms with van der Waals surface area (Å²) >= 11 is 0. The molecular weight excluding hydrogens is 406 g/mol. The van der Waals surface area contributed by atoms with Crippen LogP contribution in [0.1, 0.15) is 43.2 Å². The second kappa shape index (κ2) is 9.01. The number of carboxylic acids is 1. The first kappa shape index (κ1) is 21.8. The number of amides is 1. The molecule has 6 heteroatoms. The molecule has 4 rings (SSSR count). The monoisotopic (exact) mass is 433 g/mol. The van der Waals surface area contributed by atoms with Crippen LogP contribution in [-0.4, -0.2) is 40.5 Å². The zero-order valence-electron chi connectivity index (χ0n) is 18.0. The van der Waals surface area contributed by atoms with E-state index in [1.165, 1.54) is 0 Å². The lowest BCUT2D eigenvalue weighted by atomic mass is 9.88. The molecule has 2 aliphatic rings. The van der Waals surface area contributed by atoms with Gasteiger partial charge in [0, 0.05) is 12.3 Å². The smallest absolute Gasteiger partial charge is 0.407 e. The molecule has 0 radical (unpaired) electrons. The van der Waals surface area contributed by atoms with Gasteiger partial charge < -0.3 is 20.3 Å². The fraction of sp³-hybridized carbons (Fsp3) is 0.308. The van der Waals surface area contributed by atoms with E-state index in [0.717, 1.165) is 27.8 Å². The minimum atomic E-state index is -1.14. The Balaban J connectivity index is 1.39. The molecule has 1 amide bonds. The van der Waals surface area contributed by atoms with Gasteiger partial charge in [0.25, 0.3) is 0 Å². The highest BCUT2D eigenvalue weighted by Gasteiger charge is 2.30. The predicted molar refractivity (Wildman–Crippen MR) is 121 cm³/mol. The molecule has 0 aromatic heterocycles. The molecule has 1 unspecified atom stereocenters. The number of nitrogens with one attached hydrogen (secondary N) is 1. The van der Waals surface area contributed by atoms with E-state index in [4.69, 9.17) is 4.74 Å².